The summed E-state index contributed by atoms with van der Waals surface area (Å²) >= 11 is 0. The molecule has 0 aliphatic carbocycles. The van der Waals surface area contributed by atoms with Crippen molar-refractivity contribution in [2.75, 3.05) is 6.61 Å². The first-order valence-electron chi connectivity index (χ1n) is 4.63. The van der Waals surface area contributed by atoms with E-state index in [0.29, 0.717) is 12.8 Å². The Morgan fingerprint density at radius 3 is 3.00 bits per heavy atom. The summed E-state index contributed by atoms with van der Waals surface area (Å²) in [6.07, 6.45) is 0.554. The first-order chi connectivity index (χ1) is 6.65. The highest BCUT2D eigenvalue weighted by atomic mass is 16.6. The van der Waals surface area contributed by atoms with E-state index in [1.165, 1.54) is 6.92 Å². The average molecular weight is 200 g/mol. The van der Waals surface area contributed by atoms with Crippen molar-refractivity contribution in [3.63, 3.8) is 0 Å². The van der Waals surface area contributed by atoms with E-state index in [0.717, 1.165) is 0 Å². The maximum absolute atomic E-state index is 10.8. The van der Waals surface area contributed by atoms with Crippen LogP contribution in [-0.2, 0) is 23.8 Å². The summed E-state index contributed by atoms with van der Waals surface area (Å²) in [6.45, 7) is 1.61. The van der Waals surface area contributed by atoms with E-state index in [9.17, 15) is 9.59 Å². The van der Waals surface area contributed by atoms with Gasteiger partial charge in [-0.3, -0.25) is 9.59 Å². The summed E-state index contributed by atoms with van der Waals surface area (Å²) in [4.78, 5) is 21.4. The third-order valence-corrected chi connectivity index (χ3v) is 2.40. The maximum atomic E-state index is 10.8. The lowest BCUT2D eigenvalue weighted by Crippen LogP contribution is -2.19. The molecule has 0 aromatic rings. The van der Waals surface area contributed by atoms with Crippen molar-refractivity contribution >= 4 is 11.9 Å². The number of hydrogen-bond acceptors (Lipinski definition) is 5. The van der Waals surface area contributed by atoms with Crippen LogP contribution in [0.1, 0.15) is 19.8 Å². The molecule has 2 aliphatic heterocycles. The molecule has 0 unspecified atom stereocenters. The first-order valence-corrected chi connectivity index (χ1v) is 4.63. The zero-order valence-electron chi connectivity index (χ0n) is 7.89. The summed E-state index contributed by atoms with van der Waals surface area (Å²) in [5, 5.41) is 0. The molecule has 5 nitrogen and oxygen atoms in total. The van der Waals surface area contributed by atoms with Gasteiger partial charge in [0.15, 0.2) is 0 Å². The van der Waals surface area contributed by atoms with Crippen molar-refractivity contribution in [3.8, 4) is 0 Å². The van der Waals surface area contributed by atoms with Gasteiger partial charge in [-0.05, 0) is 0 Å². The van der Waals surface area contributed by atoms with Crippen LogP contribution in [0.15, 0.2) is 0 Å². The SMILES string of the molecule is CC(=O)OC[C@H]1C[C@H]2OC(=O)C[C@H]2O1. The largest absolute Gasteiger partial charge is 0.463 e. The Kier molecular flexibility index (Phi) is 2.41. The Morgan fingerprint density at radius 1 is 1.57 bits per heavy atom. The maximum Gasteiger partial charge on any atom is 0.308 e. The molecule has 0 bridgehead atoms. The molecule has 5 heteroatoms. The standard InChI is InChI=1S/C9H12O5/c1-5(10)12-4-6-2-7-8(13-6)3-9(11)14-7/h6-8H,2-4H2,1H3/t6-,7-,8-/m1/s1. The Hall–Kier alpha value is -1.10. The number of hydrogen-bond donors (Lipinski definition) is 0. The molecule has 2 fully saturated rings. The van der Waals surface area contributed by atoms with E-state index in [2.05, 4.69) is 0 Å². The molecule has 0 amide bonds. The van der Waals surface area contributed by atoms with Gasteiger partial charge >= 0.3 is 11.9 Å². The van der Waals surface area contributed by atoms with Gasteiger partial charge < -0.3 is 14.2 Å². The summed E-state index contributed by atoms with van der Waals surface area (Å²) in [7, 11) is 0. The lowest BCUT2D eigenvalue weighted by molar-refractivity contribution is -0.146. The summed E-state index contributed by atoms with van der Waals surface area (Å²) in [6, 6.07) is 0. The second-order valence-electron chi connectivity index (χ2n) is 3.57. The Morgan fingerprint density at radius 2 is 2.36 bits per heavy atom. The predicted octanol–water partition coefficient (Wildman–Crippen LogP) is 0.0225. The van der Waals surface area contributed by atoms with Crippen molar-refractivity contribution < 1.29 is 23.8 Å². The lowest BCUT2D eigenvalue weighted by Gasteiger charge is -2.10. The number of esters is 2. The van der Waals surface area contributed by atoms with Crippen LogP contribution >= 0.6 is 0 Å². The second kappa shape index (κ2) is 3.57. The van der Waals surface area contributed by atoms with Gasteiger partial charge in [-0.2, -0.15) is 0 Å². The number of fused-ring (bicyclic) bond motifs is 1. The minimum absolute atomic E-state index is 0.123. The molecular weight excluding hydrogens is 188 g/mol. The monoisotopic (exact) mass is 200 g/mol. The van der Waals surface area contributed by atoms with Gasteiger partial charge in [0, 0.05) is 13.3 Å². The molecule has 2 rings (SSSR count). The van der Waals surface area contributed by atoms with Crippen LogP contribution in [0.4, 0.5) is 0 Å². The predicted molar refractivity (Wildman–Crippen MR) is 44.4 cm³/mol. The molecule has 0 saturated carbocycles. The van der Waals surface area contributed by atoms with Gasteiger partial charge in [0.2, 0.25) is 0 Å². The minimum atomic E-state index is -0.317. The quantitative estimate of drug-likeness (QED) is 0.588. The van der Waals surface area contributed by atoms with Gasteiger partial charge in [-0.1, -0.05) is 0 Å². The molecule has 2 saturated heterocycles. The van der Waals surface area contributed by atoms with Crippen LogP contribution in [0.3, 0.4) is 0 Å². The van der Waals surface area contributed by atoms with Crippen molar-refractivity contribution in [1.82, 2.24) is 0 Å². The molecule has 0 radical (unpaired) electrons. The van der Waals surface area contributed by atoms with Gasteiger partial charge in [-0.25, -0.2) is 0 Å². The van der Waals surface area contributed by atoms with Crippen LogP contribution < -0.4 is 0 Å². The van der Waals surface area contributed by atoms with Crippen LogP contribution in [0.5, 0.6) is 0 Å². The van der Waals surface area contributed by atoms with E-state index in [4.69, 9.17) is 14.2 Å². The Balaban J connectivity index is 1.79. The number of rotatable bonds is 2. The van der Waals surface area contributed by atoms with E-state index < -0.39 is 0 Å². The zero-order valence-corrected chi connectivity index (χ0v) is 7.89. The van der Waals surface area contributed by atoms with Crippen molar-refractivity contribution in [2.45, 2.75) is 38.1 Å². The summed E-state index contributed by atoms with van der Waals surface area (Å²) in [5.41, 5.74) is 0. The molecule has 3 atom stereocenters. The first kappa shape index (κ1) is 9.45. The van der Waals surface area contributed by atoms with Gasteiger partial charge in [0.05, 0.1) is 12.5 Å². The molecule has 0 spiro atoms. The average Bonchev–Trinajstić information content (AvgIpc) is 2.57. The summed E-state index contributed by atoms with van der Waals surface area (Å²) < 4.78 is 15.3. The molecule has 2 heterocycles. The Bertz CT molecular complexity index is 246. The summed E-state index contributed by atoms with van der Waals surface area (Å²) in [5.74, 6) is -0.520. The van der Waals surface area contributed by atoms with Crippen molar-refractivity contribution in [3.05, 3.63) is 0 Å². The molecule has 78 valence electrons. The van der Waals surface area contributed by atoms with Gasteiger partial charge in [0.25, 0.3) is 0 Å². The molecule has 0 aromatic heterocycles. The highest BCUT2D eigenvalue weighted by Gasteiger charge is 2.44. The van der Waals surface area contributed by atoms with E-state index in [-0.39, 0.29) is 36.9 Å². The normalized spacial score (nSPS) is 35.2. The molecule has 0 N–H and O–H groups in total. The number of carbonyl (C=O) groups is 2. The number of carbonyl (C=O) groups excluding carboxylic acids is 2. The van der Waals surface area contributed by atoms with Crippen LogP contribution in [0.2, 0.25) is 0 Å². The van der Waals surface area contributed by atoms with Gasteiger partial charge in [-0.15, -0.1) is 0 Å². The fourth-order valence-electron chi connectivity index (χ4n) is 1.80. The third-order valence-electron chi connectivity index (χ3n) is 2.40. The molecule has 0 aromatic carbocycles. The highest BCUT2D eigenvalue weighted by Crippen LogP contribution is 2.31. The van der Waals surface area contributed by atoms with Crippen LogP contribution in [0.25, 0.3) is 0 Å². The Labute approximate surface area is 81.3 Å². The highest BCUT2D eigenvalue weighted by molar-refractivity contribution is 5.72. The smallest absolute Gasteiger partial charge is 0.308 e. The van der Waals surface area contributed by atoms with Crippen LogP contribution in [0, 0.1) is 0 Å². The van der Waals surface area contributed by atoms with Crippen LogP contribution in [-0.4, -0.2) is 36.9 Å². The zero-order chi connectivity index (χ0) is 10.1. The van der Waals surface area contributed by atoms with E-state index in [1.807, 2.05) is 0 Å². The van der Waals surface area contributed by atoms with Crippen molar-refractivity contribution in [2.24, 2.45) is 0 Å². The van der Waals surface area contributed by atoms with E-state index in [1.54, 1.807) is 0 Å². The minimum Gasteiger partial charge on any atom is -0.463 e. The fraction of sp³-hybridized carbons (Fsp3) is 0.778. The third kappa shape index (κ3) is 1.87. The second-order valence-corrected chi connectivity index (χ2v) is 3.57. The van der Waals surface area contributed by atoms with E-state index >= 15 is 0 Å². The topological polar surface area (TPSA) is 61.8 Å². The van der Waals surface area contributed by atoms with Gasteiger partial charge in [0.1, 0.15) is 18.8 Å². The number of ether oxygens (including phenoxy) is 3. The molecule has 14 heavy (non-hydrogen) atoms. The molecule has 2 aliphatic rings. The lowest BCUT2D eigenvalue weighted by atomic mass is 10.1. The molecular formula is C9H12O5. The van der Waals surface area contributed by atoms with Crippen molar-refractivity contribution in [1.29, 1.82) is 0 Å². The fourth-order valence-corrected chi connectivity index (χ4v) is 1.80.